The van der Waals surface area contributed by atoms with Crippen molar-refractivity contribution < 1.29 is 13.9 Å². The van der Waals surface area contributed by atoms with Crippen molar-refractivity contribution in [2.45, 2.75) is 13.3 Å². The van der Waals surface area contributed by atoms with Crippen LogP contribution in [0.3, 0.4) is 0 Å². The number of para-hydroxylation sites is 1. The molecule has 0 saturated carbocycles. The van der Waals surface area contributed by atoms with Crippen LogP contribution in [0.5, 0.6) is 5.75 Å². The number of benzene rings is 1. The number of aromatic nitrogens is 1. The molecule has 0 N–H and O–H groups in total. The van der Waals surface area contributed by atoms with E-state index in [2.05, 4.69) is 9.88 Å². The van der Waals surface area contributed by atoms with Crippen molar-refractivity contribution in [2.75, 3.05) is 39.3 Å². The van der Waals surface area contributed by atoms with Crippen LogP contribution in [0.2, 0.25) is 5.02 Å². The third-order valence-corrected chi connectivity index (χ3v) is 6.28. The van der Waals surface area contributed by atoms with E-state index in [1.165, 1.54) is 11.3 Å². The molecule has 158 valence electrons. The van der Waals surface area contributed by atoms with Gasteiger partial charge in [-0.1, -0.05) is 23.7 Å². The maximum atomic E-state index is 12.7. The molecule has 1 aromatic carbocycles. The van der Waals surface area contributed by atoms with Crippen LogP contribution >= 0.6 is 22.9 Å². The number of carbonyl (C=O) groups excluding carboxylic acids is 1. The van der Waals surface area contributed by atoms with E-state index in [0.29, 0.717) is 23.8 Å². The zero-order valence-electron chi connectivity index (χ0n) is 16.8. The molecule has 0 radical (unpaired) electrons. The maximum Gasteiger partial charge on any atom is 0.228 e. The van der Waals surface area contributed by atoms with Gasteiger partial charge in [0.05, 0.1) is 17.1 Å². The SMILES string of the molecule is Cc1ccc(-c2nc(CC(=O)N3CCN(CCOc4ccccc4Cl)CC3)cs2)o1. The topological polar surface area (TPSA) is 58.8 Å². The molecule has 1 amide bonds. The molecule has 0 atom stereocenters. The van der Waals surface area contributed by atoms with Crippen LogP contribution in [0.15, 0.2) is 46.2 Å². The van der Waals surface area contributed by atoms with E-state index in [0.717, 1.165) is 54.9 Å². The lowest BCUT2D eigenvalue weighted by atomic mass is 10.2. The van der Waals surface area contributed by atoms with Crippen molar-refractivity contribution in [2.24, 2.45) is 0 Å². The minimum Gasteiger partial charge on any atom is -0.491 e. The Bertz CT molecular complexity index is 995. The lowest BCUT2D eigenvalue weighted by molar-refractivity contribution is -0.132. The molecule has 1 saturated heterocycles. The Morgan fingerprint density at radius 1 is 1.20 bits per heavy atom. The number of carbonyl (C=O) groups is 1. The summed E-state index contributed by atoms with van der Waals surface area (Å²) in [6, 6.07) is 11.3. The van der Waals surface area contributed by atoms with Gasteiger partial charge in [-0.15, -0.1) is 11.3 Å². The van der Waals surface area contributed by atoms with Crippen LogP contribution in [0.25, 0.3) is 10.8 Å². The largest absolute Gasteiger partial charge is 0.491 e. The van der Waals surface area contributed by atoms with Crippen LogP contribution in [-0.2, 0) is 11.2 Å². The maximum absolute atomic E-state index is 12.7. The van der Waals surface area contributed by atoms with Crippen LogP contribution < -0.4 is 4.74 Å². The summed E-state index contributed by atoms with van der Waals surface area (Å²) in [5.74, 6) is 2.44. The minimum absolute atomic E-state index is 0.120. The fourth-order valence-electron chi connectivity index (χ4n) is 3.38. The number of amides is 1. The summed E-state index contributed by atoms with van der Waals surface area (Å²) in [7, 11) is 0. The zero-order valence-corrected chi connectivity index (χ0v) is 18.4. The van der Waals surface area contributed by atoms with E-state index in [4.69, 9.17) is 20.8 Å². The Kier molecular flexibility index (Phi) is 6.72. The highest BCUT2D eigenvalue weighted by Gasteiger charge is 2.22. The number of furan rings is 1. The Labute approximate surface area is 185 Å². The molecule has 0 aliphatic carbocycles. The highest BCUT2D eigenvalue weighted by molar-refractivity contribution is 7.13. The quantitative estimate of drug-likeness (QED) is 0.547. The monoisotopic (exact) mass is 445 g/mol. The van der Waals surface area contributed by atoms with Gasteiger partial charge in [0.15, 0.2) is 10.8 Å². The van der Waals surface area contributed by atoms with E-state index in [1.54, 1.807) is 0 Å². The van der Waals surface area contributed by atoms with E-state index in [1.807, 2.05) is 53.6 Å². The smallest absolute Gasteiger partial charge is 0.228 e. The van der Waals surface area contributed by atoms with Gasteiger partial charge in [-0.3, -0.25) is 9.69 Å². The molecule has 30 heavy (non-hydrogen) atoms. The third kappa shape index (κ3) is 5.22. The third-order valence-electron chi connectivity index (χ3n) is 5.06. The van der Waals surface area contributed by atoms with Crippen LogP contribution in [0.4, 0.5) is 0 Å². The first kappa shape index (κ1) is 20.9. The average molecular weight is 446 g/mol. The van der Waals surface area contributed by atoms with E-state index in [-0.39, 0.29) is 5.91 Å². The van der Waals surface area contributed by atoms with Crippen molar-refractivity contribution in [3.8, 4) is 16.5 Å². The van der Waals surface area contributed by atoms with Crippen LogP contribution in [-0.4, -0.2) is 60.0 Å². The molecule has 1 aliphatic rings. The lowest BCUT2D eigenvalue weighted by Gasteiger charge is -2.34. The molecular weight excluding hydrogens is 422 g/mol. The molecule has 4 rings (SSSR count). The summed E-state index contributed by atoms with van der Waals surface area (Å²) in [4.78, 5) is 21.5. The molecule has 0 bridgehead atoms. The average Bonchev–Trinajstić information content (AvgIpc) is 3.39. The number of rotatable bonds is 7. The Hall–Kier alpha value is -2.35. The highest BCUT2D eigenvalue weighted by Crippen LogP contribution is 2.26. The second-order valence-electron chi connectivity index (χ2n) is 7.23. The normalized spacial score (nSPS) is 14.8. The first-order chi connectivity index (χ1) is 14.6. The van der Waals surface area contributed by atoms with Gasteiger partial charge < -0.3 is 14.1 Å². The zero-order chi connectivity index (χ0) is 20.9. The van der Waals surface area contributed by atoms with Crippen LogP contribution in [0, 0.1) is 6.92 Å². The summed E-state index contributed by atoms with van der Waals surface area (Å²) in [6.45, 7) is 6.41. The number of nitrogens with zero attached hydrogens (tertiary/aromatic N) is 3. The number of piperazine rings is 1. The Balaban J connectivity index is 1.21. The summed E-state index contributed by atoms with van der Waals surface area (Å²) in [5, 5.41) is 3.38. The molecule has 0 unspecified atom stereocenters. The summed E-state index contributed by atoms with van der Waals surface area (Å²) < 4.78 is 11.4. The Morgan fingerprint density at radius 3 is 2.73 bits per heavy atom. The molecule has 1 aliphatic heterocycles. The summed E-state index contributed by atoms with van der Waals surface area (Å²) in [5.41, 5.74) is 0.796. The van der Waals surface area contributed by atoms with Gasteiger partial charge in [0.25, 0.3) is 0 Å². The van der Waals surface area contributed by atoms with Gasteiger partial charge in [0, 0.05) is 38.1 Å². The van der Waals surface area contributed by atoms with Gasteiger partial charge in [-0.25, -0.2) is 4.98 Å². The molecular formula is C22H24ClN3O3S. The van der Waals surface area contributed by atoms with Gasteiger partial charge in [0.2, 0.25) is 5.91 Å². The van der Waals surface area contributed by atoms with Crippen molar-refractivity contribution in [3.05, 3.63) is 58.3 Å². The standard InChI is InChI=1S/C22H24ClN3O3S/c1-16-6-7-20(29-16)22-24-17(15-30-22)14-21(27)26-10-8-25(9-11-26)12-13-28-19-5-3-2-4-18(19)23/h2-7,15H,8-14H2,1H3. The molecule has 6 nitrogen and oxygen atoms in total. The second-order valence-corrected chi connectivity index (χ2v) is 8.50. The number of thiazole rings is 1. The fourth-order valence-corrected chi connectivity index (χ4v) is 4.35. The van der Waals surface area contributed by atoms with Gasteiger partial charge in [0.1, 0.15) is 18.1 Å². The lowest BCUT2D eigenvalue weighted by Crippen LogP contribution is -2.50. The predicted molar refractivity (Wildman–Crippen MR) is 118 cm³/mol. The van der Waals surface area contributed by atoms with Gasteiger partial charge in [-0.2, -0.15) is 0 Å². The van der Waals surface area contributed by atoms with Crippen molar-refractivity contribution in [3.63, 3.8) is 0 Å². The van der Waals surface area contributed by atoms with E-state index >= 15 is 0 Å². The molecule has 1 fully saturated rings. The Morgan fingerprint density at radius 2 is 2.00 bits per heavy atom. The number of aryl methyl sites for hydroxylation is 1. The van der Waals surface area contributed by atoms with Crippen molar-refractivity contribution in [1.82, 2.24) is 14.8 Å². The number of hydrogen-bond acceptors (Lipinski definition) is 6. The molecule has 3 aromatic rings. The number of hydrogen-bond donors (Lipinski definition) is 0. The van der Waals surface area contributed by atoms with Crippen molar-refractivity contribution in [1.29, 1.82) is 0 Å². The first-order valence-corrected chi connectivity index (χ1v) is 11.2. The first-order valence-electron chi connectivity index (χ1n) is 9.97. The fraction of sp³-hybridized carbons (Fsp3) is 0.364. The van der Waals surface area contributed by atoms with Gasteiger partial charge >= 0.3 is 0 Å². The number of ether oxygens (including phenoxy) is 1. The van der Waals surface area contributed by atoms with Crippen molar-refractivity contribution >= 4 is 28.8 Å². The summed E-state index contributed by atoms with van der Waals surface area (Å²) in [6.07, 6.45) is 0.325. The van der Waals surface area contributed by atoms with Crippen LogP contribution in [0.1, 0.15) is 11.5 Å². The van der Waals surface area contributed by atoms with E-state index < -0.39 is 0 Å². The summed E-state index contributed by atoms with van der Waals surface area (Å²) >= 11 is 7.62. The second kappa shape index (κ2) is 9.64. The van der Waals surface area contributed by atoms with Gasteiger partial charge in [-0.05, 0) is 31.2 Å². The minimum atomic E-state index is 0.120. The number of halogens is 1. The molecule has 8 heteroatoms. The molecule has 3 heterocycles. The predicted octanol–water partition coefficient (Wildman–Crippen LogP) is 4.13. The van der Waals surface area contributed by atoms with E-state index in [9.17, 15) is 4.79 Å². The molecule has 0 spiro atoms. The highest BCUT2D eigenvalue weighted by atomic mass is 35.5. The molecule has 2 aromatic heterocycles.